The highest BCUT2D eigenvalue weighted by molar-refractivity contribution is 5.89. The maximum atomic E-state index is 11.0. The van der Waals surface area contributed by atoms with Crippen molar-refractivity contribution >= 4 is 5.78 Å². The molecule has 3 fully saturated rings. The lowest BCUT2D eigenvalue weighted by molar-refractivity contribution is -0.125. The lowest BCUT2D eigenvalue weighted by atomic mass is 9.77. The molecule has 0 aromatic heterocycles. The smallest absolute Gasteiger partial charge is 0.136 e. The second kappa shape index (κ2) is 0.882. The fraction of sp³-hybridized carbons (Fsp3) is 0.875. The van der Waals surface area contributed by atoms with Gasteiger partial charge in [-0.25, -0.2) is 0 Å². The number of ketones is 1. The van der Waals surface area contributed by atoms with E-state index in [1.165, 1.54) is 6.42 Å². The van der Waals surface area contributed by atoms with Gasteiger partial charge in [0.05, 0.1) is 0 Å². The van der Waals surface area contributed by atoms with Crippen LogP contribution in [0.3, 0.4) is 0 Å². The van der Waals surface area contributed by atoms with E-state index in [9.17, 15) is 4.79 Å². The molecule has 0 N–H and O–H groups in total. The first-order valence-corrected chi connectivity index (χ1v) is 3.78. The van der Waals surface area contributed by atoms with Crippen LogP contribution in [0.2, 0.25) is 0 Å². The standard InChI is InChI=1S/C8H10O/c1-8-3-2-4(9)5-6(8)7(5)8/h5-7H,2-3H2,1H3. The summed E-state index contributed by atoms with van der Waals surface area (Å²) >= 11 is 0. The molecule has 0 heterocycles. The number of carbonyl (C=O) groups excluding carboxylic acids is 1. The van der Waals surface area contributed by atoms with Crippen LogP contribution in [0.5, 0.6) is 0 Å². The van der Waals surface area contributed by atoms with Crippen LogP contribution in [0.1, 0.15) is 19.8 Å². The molecule has 1 nitrogen and oxygen atoms in total. The fourth-order valence-electron chi connectivity index (χ4n) is 2.94. The summed E-state index contributed by atoms with van der Waals surface area (Å²) in [5.74, 6) is 2.84. The zero-order valence-corrected chi connectivity index (χ0v) is 5.55. The molecule has 0 aliphatic heterocycles. The number of hydrogen-bond donors (Lipinski definition) is 0. The lowest BCUT2D eigenvalue weighted by Crippen LogP contribution is -2.27. The summed E-state index contributed by atoms with van der Waals surface area (Å²) in [4.78, 5) is 11.0. The van der Waals surface area contributed by atoms with Crippen molar-refractivity contribution in [3.05, 3.63) is 0 Å². The first kappa shape index (κ1) is 4.48. The third-order valence-corrected chi connectivity index (χ3v) is 3.72. The minimum Gasteiger partial charge on any atom is -0.299 e. The predicted molar refractivity (Wildman–Crippen MR) is 32.8 cm³/mol. The summed E-state index contributed by atoms with van der Waals surface area (Å²) in [6.45, 7) is 2.34. The Balaban J connectivity index is 1.98. The van der Waals surface area contributed by atoms with Crippen molar-refractivity contribution in [2.45, 2.75) is 19.8 Å². The second-order valence-electron chi connectivity index (χ2n) is 4.05. The molecular formula is C8H10O. The van der Waals surface area contributed by atoms with Gasteiger partial charge in [-0.3, -0.25) is 4.79 Å². The van der Waals surface area contributed by atoms with Crippen molar-refractivity contribution in [1.82, 2.24) is 0 Å². The van der Waals surface area contributed by atoms with Gasteiger partial charge in [0.1, 0.15) is 5.78 Å². The molecular weight excluding hydrogens is 112 g/mol. The average Bonchev–Trinajstić information content (AvgIpc) is 2.62. The highest BCUT2D eigenvalue weighted by Crippen LogP contribution is 2.85. The van der Waals surface area contributed by atoms with Crippen LogP contribution in [0.4, 0.5) is 0 Å². The third-order valence-electron chi connectivity index (χ3n) is 3.72. The third kappa shape index (κ3) is 0.280. The van der Waals surface area contributed by atoms with Crippen LogP contribution in [0.15, 0.2) is 0 Å². The first-order chi connectivity index (χ1) is 4.25. The maximum absolute atomic E-state index is 11.0. The normalized spacial score (nSPS) is 67.2. The van der Waals surface area contributed by atoms with Gasteiger partial charge in [-0.1, -0.05) is 6.92 Å². The van der Waals surface area contributed by atoms with Crippen LogP contribution in [-0.4, -0.2) is 5.78 Å². The summed E-state index contributed by atoms with van der Waals surface area (Å²) in [6.07, 6.45) is 2.08. The van der Waals surface area contributed by atoms with Crippen molar-refractivity contribution in [3.63, 3.8) is 0 Å². The molecule has 0 aromatic carbocycles. The zero-order chi connectivity index (χ0) is 6.22. The van der Waals surface area contributed by atoms with E-state index in [1.54, 1.807) is 0 Å². The molecule has 1 heteroatoms. The van der Waals surface area contributed by atoms with Crippen molar-refractivity contribution in [2.75, 3.05) is 0 Å². The number of rotatable bonds is 0. The molecule has 3 saturated carbocycles. The van der Waals surface area contributed by atoms with Gasteiger partial charge in [0, 0.05) is 12.3 Å². The van der Waals surface area contributed by atoms with E-state index in [0.717, 1.165) is 18.3 Å². The SMILES string of the molecule is CC12CCC(=O)C3C1C32. The molecule has 0 saturated heterocycles. The van der Waals surface area contributed by atoms with Gasteiger partial charge in [-0.15, -0.1) is 0 Å². The van der Waals surface area contributed by atoms with Crippen LogP contribution in [0, 0.1) is 23.2 Å². The molecule has 48 valence electrons. The summed E-state index contributed by atoms with van der Waals surface area (Å²) < 4.78 is 0. The zero-order valence-electron chi connectivity index (χ0n) is 5.55. The molecule has 0 aromatic rings. The minimum atomic E-state index is 0.559. The Morgan fingerprint density at radius 1 is 1.56 bits per heavy atom. The van der Waals surface area contributed by atoms with Crippen molar-refractivity contribution in [3.8, 4) is 0 Å². The Kier molecular flexibility index (Phi) is 0.439. The molecule has 0 spiro atoms. The van der Waals surface area contributed by atoms with Crippen LogP contribution in [-0.2, 0) is 4.79 Å². The van der Waals surface area contributed by atoms with E-state index < -0.39 is 0 Å². The Bertz CT molecular complexity index is 197. The molecule has 9 heavy (non-hydrogen) atoms. The van der Waals surface area contributed by atoms with Gasteiger partial charge in [-0.2, -0.15) is 0 Å². The Labute approximate surface area is 54.4 Å². The van der Waals surface area contributed by atoms with Crippen LogP contribution in [0.25, 0.3) is 0 Å². The quantitative estimate of drug-likeness (QED) is 0.472. The first-order valence-electron chi connectivity index (χ1n) is 3.78. The van der Waals surface area contributed by atoms with Gasteiger partial charge in [-0.05, 0) is 23.7 Å². The van der Waals surface area contributed by atoms with E-state index in [-0.39, 0.29) is 0 Å². The highest BCUT2D eigenvalue weighted by atomic mass is 16.1. The van der Waals surface area contributed by atoms with Gasteiger partial charge in [0.2, 0.25) is 0 Å². The molecule has 3 aliphatic rings. The summed E-state index contributed by atoms with van der Waals surface area (Å²) in [5.41, 5.74) is 0.665. The molecule has 2 unspecified atom stereocenters. The highest BCUT2D eigenvalue weighted by Gasteiger charge is 2.84. The van der Waals surface area contributed by atoms with Crippen molar-refractivity contribution in [1.29, 1.82) is 0 Å². The molecule has 3 aliphatic carbocycles. The van der Waals surface area contributed by atoms with Crippen molar-refractivity contribution in [2.24, 2.45) is 23.2 Å². The number of hydrogen-bond acceptors (Lipinski definition) is 1. The van der Waals surface area contributed by atoms with Crippen LogP contribution < -0.4 is 0 Å². The fourth-order valence-corrected chi connectivity index (χ4v) is 2.94. The summed E-state index contributed by atoms with van der Waals surface area (Å²) in [5, 5.41) is 0. The van der Waals surface area contributed by atoms with E-state index >= 15 is 0 Å². The number of Topliss-reactive ketones (excluding diaryl/α,β-unsaturated/α-hetero) is 1. The van der Waals surface area contributed by atoms with Crippen molar-refractivity contribution < 1.29 is 4.79 Å². The van der Waals surface area contributed by atoms with E-state index in [1.807, 2.05) is 0 Å². The Morgan fingerprint density at radius 2 is 2.22 bits per heavy atom. The minimum absolute atomic E-state index is 0.559. The molecule has 0 bridgehead atoms. The van der Waals surface area contributed by atoms with Gasteiger partial charge < -0.3 is 0 Å². The van der Waals surface area contributed by atoms with Crippen LogP contribution >= 0.6 is 0 Å². The maximum Gasteiger partial charge on any atom is 0.136 e. The summed E-state index contributed by atoms with van der Waals surface area (Å²) in [6, 6.07) is 0. The van der Waals surface area contributed by atoms with E-state index in [2.05, 4.69) is 6.92 Å². The number of carbonyl (C=O) groups is 1. The van der Waals surface area contributed by atoms with Gasteiger partial charge in [0.25, 0.3) is 0 Å². The molecule has 3 rings (SSSR count). The molecule has 0 amide bonds. The number of fused-ring (bicyclic) bond motifs is 2. The predicted octanol–water partition coefficient (Wildman–Crippen LogP) is 1.23. The monoisotopic (exact) mass is 122 g/mol. The summed E-state index contributed by atoms with van der Waals surface area (Å²) in [7, 11) is 0. The lowest BCUT2D eigenvalue weighted by Gasteiger charge is -2.26. The largest absolute Gasteiger partial charge is 0.299 e. The molecule has 0 radical (unpaired) electrons. The average molecular weight is 122 g/mol. The van der Waals surface area contributed by atoms with E-state index in [4.69, 9.17) is 0 Å². The van der Waals surface area contributed by atoms with E-state index in [0.29, 0.717) is 17.1 Å². The van der Waals surface area contributed by atoms with Gasteiger partial charge >= 0.3 is 0 Å². The molecule has 2 atom stereocenters. The Morgan fingerprint density at radius 3 is 2.67 bits per heavy atom. The van der Waals surface area contributed by atoms with Gasteiger partial charge in [0.15, 0.2) is 0 Å². The Hall–Kier alpha value is -0.330. The second-order valence-corrected chi connectivity index (χ2v) is 4.05. The topological polar surface area (TPSA) is 17.1 Å².